The first-order valence-corrected chi connectivity index (χ1v) is 7.26. The molecule has 0 spiro atoms. The van der Waals surface area contributed by atoms with Crippen molar-refractivity contribution in [3.8, 4) is 0 Å². The summed E-state index contributed by atoms with van der Waals surface area (Å²) in [5, 5.41) is 0. The Kier molecular flexibility index (Phi) is 3.47. The van der Waals surface area contributed by atoms with Gasteiger partial charge in [-0.05, 0) is 24.0 Å². The quantitative estimate of drug-likeness (QED) is 0.776. The molecule has 1 saturated heterocycles. The highest BCUT2D eigenvalue weighted by molar-refractivity contribution is 5.81. The summed E-state index contributed by atoms with van der Waals surface area (Å²) in [5.41, 5.74) is 2.61. The molecule has 3 rings (SSSR count). The minimum atomic E-state index is -0.0100. The largest absolute Gasteiger partial charge is 0.342 e. The highest BCUT2D eigenvalue weighted by Gasteiger charge is 2.33. The van der Waals surface area contributed by atoms with E-state index in [1.165, 1.54) is 11.1 Å². The van der Waals surface area contributed by atoms with Crippen LogP contribution in [0.3, 0.4) is 0 Å². The lowest BCUT2D eigenvalue weighted by atomic mass is 9.98. The molecular formula is C16H20N2O2. The second-order valence-electron chi connectivity index (χ2n) is 5.73. The molecule has 4 heteroatoms. The summed E-state index contributed by atoms with van der Waals surface area (Å²) < 4.78 is 0. The predicted octanol–water partition coefficient (Wildman–Crippen LogP) is 1.44. The van der Waals surface area contributed by atoms with Crippen LogP contribution < -0.4 is 0 Å². The number of likely N-dealkylation sites (tertiary alicyclic amines) is 1. The average molecular weight is 272 g/mol. The third kappa shape index (κ3) is 2.42. The van der Waals surface area contributed by atoms with Crippen LogP contribution in [0.5, 0.6) is 0 Å². The Morgan fingerprint density at radius 1 is 1.10 bits per heavy atom. The Labute approximate surface area is 119 Å². The van der Waals surface area contributed by atoms with Gasteiger partial charge in [-0.25, -0.2) is 0 Å². The van der Waals surface area contributed by atoms with Crippen molar-refractivity contribution in [2.45, 2.75) is 26.3 Å². The summed E-state index contributed by atoms with van der Waals surface area (Å²) >= 11 is 0. The van der Waals surface area contributed by atoms with Crippen molar-refractivity contribution in [1.82, 2.24) is 9.80 Å². The number of carbonyl (C=O) groups is 2. The predicted molar refractivity (Wildman–Crippen MR) is 75.9 cm³/mol. The van der Waals surface area contributed by atoms with Crippen molar-refractivity contribution in [1.29, 1.82) is 0 Å². The number of carbonyl (C=O) groups excluding carboxylic acids is 2. The highest BCUT2D eigenvalue weighted by atomic mass is 16.2. The highest BCUT2D eigenvalue weighted by Crippen LogP contribution is 2.24. The van der Waals surface area contributed by atoms with E-state index >= 15 is 0 Å². The molecule has 0 radical (unpaired) electrons. The summed E-state index contributed by atoms with van der Waals surface area (Å²) in [5.74, 6) is 0.275. The molecule has 4 nitrogen and oxygen atoms in total. The molecule has 2 aliphatic rings. The van der Waals surface area contributed by atoms with Crippen LogP contribution >= 0.6 is 0 Å². The van der Waals surface area contributed by atoms with Crippen LogP contribution in [0.4, 0.5) is 0 Å². The lowest BCUT2D eigenvalue weighted by Crippen LogP contribution is -2.40. The summed E-state index contributed by atoms with van der Waals surface area (Å²) in [6, 6.07) is 8.33. The molecule has 1 atom stereocenters. The maximum atomic E-state index is 12.6. The molecule has 2 amide bonds. The Hall–Kier alpha value is -1.84. The summed E-state index contributed by atoms with van der Waals surface area (Å²) in [7, 11) is 0. The fraction of sp³-hybridized carbons (Fsp3) is 0.500. The van der Waals surface area contributed by atoms with Crippen molar-refractivity contribution in [2.75, 3.05) is 19.6 Å². The maximum Gasteiger partial charge on any atom is 0.227 e. The van der Waals surface area contributed by atoms with E-state index in [1.807, 2.05) is 11.0 Å². The van der Waals surface area contributed by atoms with E-state index in [4.69, 9.17) is 0 Å². The van der Waals surface area contributed by atoms with Crippen LogP contribution in [-0.2, 0) is 22.6 Å². The zero-order valence-electron chi connectivity index (χ0n) is 11.8. The van der Waals surface area contributed by atoms with Gasteiger partial charge in [0.15, 0.2) is 0 Å². The monoisotopic (exact) mass is 272 g/mol. The van der Waals surface area contributed by atoms with Gasteiger partial charge in [0.25, 0.3) is 0 Å². The lowest BCUT2D eigenvalue weighted by molar-refractivity contribution is -0.136. The molecule has 20 heavy (non-hydrogen) atoms. The molecule has 0 saturated carbocycles. The Balaban J connectivity index is 1.66. The number of fused-ring (bicyclic) bond motifs is 1. The molecule has 1 fully saturated rings. The minimum absolute atomic E-state index is 0.0100. The van der Waals surface area contributed by atoms with Gasteiger partial charge < -0.3 is 9.80 Å². The first-order chi connectivity index (χ1) is 9.65. The number of hydrogen-bond donors (Lipinski definition) is 0. The van der Waals surface area contributed by atoms with Gasteiger partial charge in [-0.15, -0.1) is 0 Å². The second kappa shape index (κ2) is 5.27. The van der Waals surface area contributed by atoms with E-state index in [0.717, 1.165) is 25.9 Å². The molecule has 0 aromatic heterocycles. The molecule has 106 valence electrons. The smallest absolute Gasteiger partial charge is 0.227 e. The van der Waals surface area contributed by atoms with Gasteiger partial charge in [-0.3, -0.25) is 9.59 Å². The number of hydrogen-bond acceptors (Lipinski definition) is 2. The number of benzene rings is 1. The van der Waals surface area contributed by atoms with Gasteiger partial charge >= 0.3 is 0 Å². The molecule has 1 aromatic rings. The van der Waals surface area contributed by atoms with E-state index < -0.39 is 0 Å². The van der Waals surface area contributed by atoms with Gasteiger partial charge in [0.1, 0.15) is 0 Å². The standard InChI is InChI=1S/C16H20N2O2/c1-12(19)17-8-7-15(11-17)16(20)18-9-6-13-4-2-3-5-14(13)10-18/h2-5,15H,6-11H2,1H3. The molecule has 2 aliphatic heterocycles. The Morgan fingerprint density at radius 3 is 2.55 bits per heavy atom. The van der Waals surface area contributed by atoms with Crippen LogP contribution in [0.1, 0.15) is 24.5 Å². The van der Waals surface area contributed by atoms with Crippen molar-refractivity contribution in [2.24, 2.45) is 5.92 Å². The summed E-state index contributed by atoms with van der Waals surface area (Å²) in [4.78, 5) is 27.7. The molecule has 0 N–H and O–H groups in total. The van der Waals surface area contributed by atoms with E-state index in [2.05, 4.69) is 18.2 Å². The zero-order chi connectivity index (χ0) is 14.1. The fourth-order valence-electron chi connectivity index (χ4n) is 3.19. The van der Waals surface area contributed by atoms with Crippen LogP contribution in [0.25, 0.3) is 0 Å². The van der Waals surface area contributed by atoms with Crippen LogP contribution in [0.15, 0.2) is 24.3 Å². The average Bonchev–Trinajstić information content (AvgIpc) is 2.96. The second-order valence-corrected chi connectivity index (χ2v) is 5.73. The summed E-state index contributed by atoms with van der Waals surface area (Å²) in [6.07, 6.45) is 1.74. The van der Waals surface area contributed by atoms with E-state index in [9.17, 15) is 9.59 Å². The van der Waals surface area contributed by atoms with Crippen molar-refractivity contribution < 1.29 is 9.59 Å². The first kappa shape index (κ1) is 13.2. The van der Waals surface area contributed by atoms with Crippen LogP contribution in [-0.4, -0.2) is 41.2 Å². The van der Waals surface area contributed by atoms with Crippen molar-refractivity contribution >= 4 is 11.8 Å². The van der Waals surface area contributed by atoms with Gasteiger partial charge in [0.2, 0.25) is 11.8 Å². The summed E-state index contributed by atoms with van der Waals surface area (Å²) in [6.45, 7) is 4.39. The normalized spacial score (nSPS) is 21.8. The maximum absolute atomic E-state index is 12.6. The van der Waals surface area contributed by atoms with E-state index in [1.54, 1.807) is 11.8 Å². The minimum Gasteiger partial charge on any atom is -0.342 e. The van der Waals surface area contributed by atoms with Crippen molar-refractivity contribution in [3.05, 3.63) is 35.4 Å². The van der Waals surface area contributed by atoms with E-state index in [-0.39, 0.29) is 17.7 Å². The number of rotatable bonds is 1. The Morgan fingerprint density at radius 2 is 1.85 bits per heavy atom. The Bertz CT molecular complexity index is 541. The molecule has 0 bridgehead atoms. The third-order valence-corrected chi connectivity index (χ3v) is 4.43. The zero-order valence-corrected chi connectivity index (χ0v) is 11.8. The number of nitrogens with zero attached hydrogens (tertiary/aromatic N) is 2. The first-order valence-electron chi connectivity index (χ1n) is 7.26. The van der Waals surface area contributed by atoms with Crippen LogP contribution in [0, 0.1) is 5.92 Å². The lowest BCUT2D eigenvalue weighted by Gasteiger charge is -2.30. The third-order valence-electron chi connectivity index (χ3n) is 4.43. The van der Waals surface area contributed by atoms with Gasteiger partial charge in [-0.1, -0.05) is 24.3 Å². The van der Waals surface area contributed by atoms with Gasteiger partial charge in [0, 0.05) is 33.1 Å². The number of amides is 2. The van der Waals surface area contributed by atoms with E-state index in [0.29, 0.717) is 13.1 Å². The van der Waals surface area contributed by atoms with Gasteiger partial charge in [-0.2, -0.15) is 0 Å². The molecule has 1 aromatic carbocycles. The molecular weight excluding hydrogens is 252 g/mol. The van der Waals surface area contributed by atoms with Gasteiger partial charge in [0.05, 0.1) is 5.92 Å². The van der Waals surface area contributed by atoms with Crippen molar-refractivity contribution in [3.63, 3.8) is 0 Å². The van der Waals surface area contributed by atoms with Crippen LogP contribution in [0.2, 0.25) is 0 Å². The molecule has 2 heterocycles. The SMILES string of the molecule is CC(=O)N1CCC(C(=O)N2CCc3ccccc3C2)C1. The fourth-order valence-corrected chi connectivity index (χ4v) is 3.19. The molecule has 1 unspecified atom stereocenters. The molecule has 0 aliphatic carbocycles. The topological polar surface area (TPSA) is 40.6 Å².